The quantitative estimate of drug-likeness (QED) is 0.846. The Hall–Kier alpha value is -2.71. The number of rotatable bonds is 4. The molecule has 0 radical (unpaired) electrons. The lowest BCUT2D eigenvalue weighted by atomic mass is 9.93. The van der Waals surface area contributed by atoms with E-state index < -0.39 is 15.9 Å². The summed E-state index contributed by atoms with van der Waals surface area (Å²) in [4.78, 5) is 26.4. The lowest BCUT2D eigenvalue weighted by molar-refractivity contribution is -0.127. The van der Waals surface area contributed by atoms with E-state index in [-0.39, 0.29) is 29.2 Å². The number of primary sulfonamides is 1. The fourth-order valence-corrected chi connectivity index (χ4v) is 3.69. The summed E-state index contributed by atoms with van der Waals surface area (Å²) in [5, 5.41) is 7.81. The van der Waals surface area contributed by atoms with Crippen molar-refractivity contribution >= 4 is 27.5 Å². The molecule has 2 amide bonds. The highest BCUT2D eigenvalue weighted by atomic mass is 32.2. The molecule has 2 atom stereocenters. The van der Waals surface area contributed by atoms with Crippen LogP contribution in [0.2, 0.25) is 0 Å². The third-order valence-corrected chi connectivity index (χ3v) is 5.44. The van der Waals surface area contributed by atoms with E-state index in [4.69, 9.17) is 5.14 Å². The minimum Gasteiger partial charge on any atom is -0.338 e. The molecule has 3 rings (SSSR count). The number of anilines is 1. The number of hydrogen-bond donors (Lipinski definition) is 2. The van der Waals surface area contributed by atoms with E-state index in [2.05, 4.69) is 5.32 Å². The minimum absolute atomic E-state index is 0.0339. The third kappa shape index (κ3) is 3.61. The highest BCUT2D eigenvalue weighted by molar-refractivity contribution is 7.89. The predicted molar refractivity (Wildman–Crippen MR) is 96.5 cm³/mol. The maximum atomic E-state index is 12.7. The Bertz CT molecular complexity index is 927. The molecule has 0 aromatic heterocycles. The first-order valence-electron chi connectivity index (χ1n) is 8.01. The van der Waals surface area contributed by atoms with Crippen molar-refractivity contribution in [3.63, 3.8) is 0 Å². The number of sulfonamides is 1. The smallest absolute Gasteiger partial charge is 0.238 e. The molecule has 8 heteroatoms. The molecule has 1 aliphatic rings. The first kappa shape index (κ1) is 18.1. The minimum atomic E-state index is -3.79. The number of hydrogen-bond acceptors (Lipinski definition) is 4. The van der Waals surface area contributed by atoms with E-state index in [1.165, 1.54) is 24.3 Å². The van der Waals surface area contributed by atoms with Crippen molar-refractivity contribution in [2.45, 2.75) is 17.4 Å². The number of likely N-dealkylation sites (tertiary alicyclic amines) is 1. The van der Waals surface area contributed by atoms with Crippen LogP contribution in [-0.4, -0.2) is 32.2 Å². The summed E-state index contributed by atoms with van der Waals surface area (Å²) in [6.45, 7) is 0. The standard InChI is InChI=1S/C18H19N3O4S/c1-21-16(22)11-15(17(21)12-5-3-2-4-6-12)18(23)20-13-7-9-14(10-8-13)26(19,24)25/h2-10,15,17H,11H2,1H3,(H,20,23)(H2,19,24,25)/t15-,17-/m1/s1. The summed E-state index contributed by atoms with van der Waals surface area (Å²) in [5.41, 5.74) is 1.33. The molecule has 2 aromatic rings. The van der Waals surface area contributed by atoms with Crippen molar-refractivity contribution in [3.05, 3.63) is 60.2 Å². The monoisotopic (exact) mass is 373 g/mol. The highest BCUT2D eigenvalue weighted by Gasteiger charge is 2.42. The van der Waals surface area contributed by atoms with E-state index >= 15 is 0 Å². The molecule has 1 heterocycles. The first-order valence-corrected chi connectivity index (χ1v) is 9.56. The Morgan fingerprint density at radius 2 is 1.73 bits per heavy atom. The summed E-state index contributed by atoms with van der Waals surface area (Å²) < 4.78 is 22.6. The normalized spacial score (nSPS) is 20.2. The van der Waals surface area contributed by atoms with Crippen molar-refractivity contribution in [3.8, 4) is 0 Å². The van der Waals surface area contributed by atoms with Crippen LogP contribution in [0, 0.1) is 5.92 Å². The third-order valence-electron chi connectivity index (χ3n) is 4.51. The van der Waals surface area contributed by atoms with Crippen molar-refractivity contribution in [2.75, 3.05) is 12.4 Å². The molecule has 0 saturated carbocycles. The lowest BCUT2D eigenvalue weighted by Gasteiger charge is -2.25. The van der Waals surface area contributed by atoms with E-state index in [1.54, 1.807) is 11.9 Å². The topological polar surface area (TPSA) is 110 Å². The van der Waals surface area contributed by atoms with Gasteiger partial charge in [-0.05, 0) is 29.8 Å². The van der Waals surface area contributed by atoms with Gasteiger partial charge in [0.25, 0.3) is 0 Å². The van der Waals surface area contributed by atoms with Gasteiger partial charge < -0.3 is 10.2 Å². The Labute approximate surface area is 151 Å². The zero-order valence-electron chi connectivity index (χ0n) is 14.1. The van der Waals surface area contributed by atoms with Crippen molar-refractivity contribution < 1.29 is 18.0 Å². The van der Waals surface area contributed by atoms with Crippen LogP contribution in [0.1, 0.15) is 18.0 Å². The second kappa shape index (κ2) is 6.89. The van der Waals surface area contributed by atoms with Crippen LogP contribution in [0.4, 0.5) is 5.69 Å². The largest absolute Gasteiger partial charge is 0.338 e. The molecule has 1 aliphatic heterocycles. The van der Waals surface area contributed by atoms with Gasteiger partial charge in [0.1, 0.15) is 0 Å². The van der Waals surface area contributed by atoms with Crippen LogP contribution in [0.15, 0.2) is 59.5 Å². The zero-order chi connectivity index (χ0) is 18.9. The fourth-order valence-electron chi connectivity index (χ4n) is 3.17. The van der Waals surface area contributed by atoms with Gasteiger partial charge >= 0.3 is 0 Å². The highest BCUT2D eigenvalue weighted by Crippen LogP contribution is 2.37. The van der Waals surface area contributed by atoms with E-state index in [1.807, 2.05) is 30.3 Å². The van der Waals surface area contributed by atoms with Crippen molar-refractivity contribution in [1.82, 2.24) is 4.90 Å². The van der Waals surface area contributed by atoms with E-state index in [0.29, 0.717) is 5.69 Å². The van der Waals surface area contributed by atoms with Crippen LogP contribution in [0.5, 0.6) is 0 Å². The summed E-state index contributed by atoms with van der Waals surface area (Å²) >= 11 is 0. The second-order valence-electron chi connectivity index (χ2n) is 6.23. The van der Waals surface area contributed by atoms with Gasteiger partial charge in [0, 0.05) is 19.2 Å². The van der Waals surface area contributed by atoms with Crippen LogP contribution < -0.4 is 10.5 Å². The van der Waals surface area contributed by atoms with Gasteiger partial charge in [-0.2, -0.15) is 0 Å². The molecule has 0 unspecified atom stereocenters. The summed E-state index contributed by atoms with van der Waals surface area (Å²) in [7, 11) is -2.10. The number of nitrogens with one attached hydrogen (secondary N) is 1. The van der Waals surface area contributed by atoms with E-state index in [9.17, 15) is 18.0 Å². The van der Waals surface area contributed by atoms with Gasteiger partial charge in [-0.3, -0.25) is 9.59 Å². The average molecular weight is 373 g/mol. The predicted octanol–water partition coefficient (Wildman–Crippen LogP) is 1.49. The van der Waals surface area contributed by atoms with Gasteiger partial charge in [0.05, 0.1) is 16.9 Å². The number of carbonyl (C=O) groups excluding carboxylic acids is 2. The number of amides is 2. The number of benzene rings is 2. The summed E-state index contributed by atoms with van der Waals surface area (Å²) in [6, 6.07) is 14.6. The molecule has 0 spiro atoms. The Kier molecular flexibility index (Phi) is 4.80. The molecule has 3 N–H and O–H groups in total. The van der Waals surface area contributed by atoms with Crippen LogP contribution >= 0.6 is 0 Å². The van der Waals surface area contributed by atoms with Crippen LogP contribution in [-0.2, 0) is 19.6 Å². The zero-order valence-corrected chi connectivity index (χ0v) is 14.9. The Balaban J connectivity index is 1.81. The van der Waals surface area contributed by atoms with Gasteiger partial charge in [-0.25, -0.2) is 13.6 Å². The average Bonchev–Trinajstić information content (AvgIpc) is 2.91. The SMILES string of the molecule is CN1C(=O)C[C@@H](C(=O)Nc2ccc(S(N)(=O)=O)cc2)[C@H]1c1ccccc1. The Morgan fingerprint density at radius 1 is 1.12 bits per heavy atom. The molecular weight excluding hydrogens is 354 g/mol. The molecular formula is C18H19N3O4S. The number of nitrogens with two attached hydrogens (primary N) is 1. The van der Waals surface area contributed by atoms with E-state index in [0.717, 1.165) is 5.56 Å². The molecule has 0 aliphatic carbocycles. The molecule has 1 saturated heterocycles. The number of nitrogens with zero attached hydrogens (tertiary/aromatic N) is 1. The summed E-state index contributed by atoms with van der Waals surface area (Å²) in [6.07, 6.45) is 0.122. The maximum absolute atomic E-state index is 12.7. The lowest BCUT2D eigenvalue weighted by Crippen LogP contribution is -2.30. The Morgan fingerprint density at radius 3 is 2.31 bits per heavy atom. The molecule has 1 fully saturated rings. The second-order valence-corrected chi connectivity index (χ2v) is 7.79. The van der Waals surface area contributed by atoms with Gasteiger partial charge in [0.15, 0.2) is 0 Å². The molecule has 0 bridgehead atoms. The van der Waals surface area contributed by atoms with Crippen LogP contribution in [0.3, 0.4) is 0 Å². The molecule has 136 valence electrons. The molecule has 26 heavy (non-hydrogen) atoms. The molecule has 2 aromatic carbocycles. The van der Waals surface area contributed by atoms with Gasteiger partial charge in [-0.15, -0.1) is 0 Å². The first-order chi connectivity index (χ1) is 12.3. The fraction of sp³-hybridized carbons (Fsp3) is 0.222. The van der Waals surface area contributed by atoms with Gasteiger partial charge in [0.2, 0.25) is 21.8 Å². The molecule has 7 nitrogen and oxygen atoms in total. The van der Waals surface area contributed by atoms with Gasteiger partial charge in [-0.1, -0.05) is 30.3 Å². The van der Waals surface area contributed by atoms with Crippen molar-refractivity contribution in [2.24, 2.45) is 11.1 Å². The van der Waals surface area contributed by atoms with Crippen LogP contribution in [0.25, 0.3) is 0 Å². The van der Waals surface area contributed by atoms with Crippen molar-refractivity contribution in [1.29, 1.82) is 0 Å². The maximum Gasteiger partial charge on any atom is 0.238 e. The summed E-state index contributed by atoms with van der Waals surface area (Å²) in [5.74, 6) is -0.920. The number of carbonyl (C=O) groups is 2.